The van der Waals surface area contributed by atoms with Crippen molar-refractivity contribution in [3.05, 3.63) is 29.8 Å². The van der Waals surface area contributed by atoms with Gasteiger partial charge in [0.1, 0.15) is 11.8 Å². The van der Waals surface area contributed by atoms with Crippen LogP contribution in [0.1, 0.15) is 45.1 Å². The molecule has 1 aromatic carbocycles. The smallest absolute Gasteiger partial charge is 0.326 e. The van der Waals surface area contributed by atoms with Gasteiger partial charge in [0.15, 0.2) is 6.61 Å². The van der Waals surface area contributed by atoms with Crippen LogP contribution in [0.15, 0.2) is 24.3 Å². The maximum atomic E-state index is 11.8. The molecule has 21 heavy (non-hydrogen) atoms. The van der Waals surface area contributed by atoms with Gasteiger partial charge >= 0.3 is 5.97 Å². The summed E-state index contributed by atoms with van der Waals surface area (Å²) in [6.07, 6.45) is 1.10. The zero-order valence-electron chi connectivity index (χ0n) is 12.8. The van der Waals surface area contributed by atoms with Crippen LogP contribution in [0.4, 0.5) is 0 Å². The summed E-state index contributed by atoms with van der Waals surface area (Å²) >= 11 is 0. The Hall–Kier alpha value is -2.04. The van der Waals surface area contributed by atoms with E-state index >= 15 is 0 Å². The normalized spacial score (nSPS) is 12.0. The summed E-state index contributed by atoms with van der Waals surface area (Å²) in [6.45, 7) is 5.78. The highest BCUT2D eigenvalue weighted by molar-refractivity contribution is 5.84. The summed E-state index contributed by atoms with van der Waals surface area (Å²) in [5.41, 5.74) is 1.02. The Kier molecular flexibility index (Phi) is 6.72. The van der Waals surface area contributed by atoms with Crippen molar-refractivity contribution in [2.45, 2.75) is 45.6 Å². The fourth-order valence-electron chi connectivity index (χ4n) is 2.01. The quantitative estimate of drug-likeness (QED) is 0.772. The Morgan fingerprint density at radius 3 is 2.52 bits per heavy atom. The average Bonchev–Trinajstić information content (AvgIpc) is 2.44. The number of aliphatic carboxylic acids is 1. The van der Waals surface area contributed by atoms with Crippen molar-refractivity contribution in [1.82, 2.24) is 5.32 Å². The fourth-order valence-corrected chi connectivity index (χ4v) is 2.01. The molecule has 0 heterocycles. The average molecular weight is 293 g/mol. The van der Waals surface area contributed by atoms with E-state index in [1.165, 1.54) is 0 Å². The standard InChI is InChI=1S/C16H23NO4/c1-4-7-13(16(19)20)17-15(18)10-21-14-9-6-5-8-12(14)11(2)3/h5-6,8-9,11,13H,4,7,10H2,1-3H3,(H,17,18)(H,19,20)/t13-/m1/s1. The molecule has 1 atom stereocenters. The molecule has 0 radical (unpaired) electrons. The van der Waals surface area contributed by atoms with Crippen molar-refractivity contribution in [2.24, 2.45) is 0 Å². The van der Waals surface area contributed by atoms with E-state index < -0.39 is 17.9 Å². The van der Waals surface area contributed by atoms with Crippen molar-refractivity contribution in [3.8, 4) is 5.75 Å². The first kappa shape index (κ1) is 17.0. The van der Waals surface area contributed by atoms with Crippen molar-refractivity contribution in [1.29, 1.82) is 0 Å². The predicted octanol–water partition coefficient (Wildman–Crippen LogP) is 2.56. The zero-order valence-corrected chi connectivity index (χ0v) is 12.8. The summed E-state index contributed by atoms with van der Waals surface area (Å²) < 4.78 is 5.51. The number of amides is 1. The zero-order chi connectivity index (χ0) is 15.8. The number of carbonyl (C=O) groups is 2. The van der Waals surface area contributed by atoms with Crippen molar-refractivity contribution in [3.63, 3.8) is 0 Å². The minimum Gasteiger partial charge on any atom is -0.483 e. The number of para-hydroxylation sites is 1. The number of hydrogen-bond donors (Lipinski definition) is 2. The Labute approximate surface area is 125 Å². The van der Waals surface area contributed by atoms with Gasteiger partial charge in [-0.15, -0.1) is 0 Å². The van der Waals surface area contributed by atoms with E-state index in [0.29, 0.717) is 18.6 Å². The Bertz CT molecular complexity index is 485. The predicted molar refractivity (Wildman–Crippen MR) is 80.5 cm³/mol. The van der Waals surface area contributed by atoms with E-state index in [-0.39, 0.29) is 12.5 Å². The minimum atomic E-state index is -1.02. The number of ether oxygens (including phenoxy) is 1. The van der Waals surface area contributed by atoms with Gasteiger partial charge < -0.3 is 15.2 Å². The molecular formula is C16H23NO4. The molecule has 0 saturated heterocycles. The van der Waals surface area contributed by atoms with Gasteiger partial charge in [0.25, 0.3) is 5.91 Å². The molecule has 1 amide bonds. The second-order valence-electron chi connectivity index (χ2n) is 5.23. The van der Waals surface area contributed by atoms with Gasteiger partial charge in [0.05, 0.1) is 0 Å². The van der Waals surface area contributed by atoms with Crippen LogP contribution in [-0.4, -0.2) is 29.6 Å². The van der Waals surface area contributed by atoms with Crippen LogP contribution in [0.5, 0.6) is 5.75 Å². The van der Waals surface area contributed by atoms with Crippen LogP contribution < -0.4 is 10.1 Å². The van der Waals surface area contributed by atoms with E-state index in [1.807, 2.05) is 45.0 Å². The highest BCUT2D eigenvalue weighted by atomic mass is 16.5. The molecule has 0 aliphatic carbocycles. The second-order valence-corrected chi connectivity index (χ2v) is 5.23. The number of carbonyl (C=O) groups excluding carboxylic acids is 1. The molecule has 0 spiro atoms. The lowest BCUT2D eigenvalue weighted by molar-refractivity contribution is -0.142. The van der Waals surface area contributed by atoms with E-state index in [1.54, 1.807) is 0 Å². The molecule has 0 aromatic heterocycles. The molecule has 0 aliphatic rings. The summed E-state index contributed by atoms with van der Waals surface area (Å²) in [4.78, 5) is 22.8. The first-order chi connectivity index (χ1) is 9.95. The third-order valence-corrected chi connectivity index (χ3v) is 3.11. The van der Waals surface area contributed by atoms with Crippen LogP contribution in [-0.2, 0) is 9.59 Å². The second kappa shape index (κ2) is 8.29. The minimum absolute atomic E-state index is 0.183. The molecule has 0 saturated carbocycles. The van der Waals surface area contributed by atoms with Crippen LogP contribution >= 0.6 is 0 Å². The lowest BCUT2D eigenvalue weighted by Gasteiger charge is -2.16. The molecule has 0 aliphatic heterocycles. The number of carboxylic acid groups (broad SMARTS) is 1. The van der Waals surface area contributed by atoms with Gasteiger partial charge in [-0.1, -0.05) is 45.4 Å². The molecule has 0 unspecified atom stereocenters. The lowest BCUT2D eigenvalue weighted by atomic mass is 10.0. The first-order valence-corrected chi connectivity index (χ1v) is 7.19. The summed E-state index contributed by atoms with van der Waals surface area (Å²) in [7, 11) is 0. The van der Waals surface area contributed by atoms with Crippen molar-refractivity contribution >= 4 is 11.9 Å². The largest absolute Gasteiger partial charge is 0.483 e. The van der Waals surface area contributed by atoms with Crippen LogP contribution in [0.3, 0.4) is 0 Å². The molecule has 116 valence electrons. The molecule has 0 fully saturated rings. The van der Waals surface area contributed by atoms with Gasteiger partial charge in [-0.25, -0.2) is 4.79 Å². The molecule has 5 nitrogen and oxygen atoms in total. The monoisotopic (exact) mass is 293 g/mol. The third kappa shape index (κ3) is 5.45. The maximum absolute atomic E-state index is 11.8. The SMILES string of the molecule is CCC[C@@H](NC(=O)COc1ccccc1C(C)C)C(=O)O. The van der Waals surface area contributed by atoms with E-state index in [4.69, 9.17) is 9.84 Å². The van der Waals surface area contributed by atoms with Crippen molar-refractivity contribution < 1.29 is 19.4 Å². The number of hydrogen-bond acceptors (Lipinski definition) is 3. The highest BCUT2D eigenvalue weighted by Gasteiger charge is 2.19. The van der Waals surface area contributed by atoms with Crippen LogP contribution in [0.25, 0.3) is 0 Å². The number of benzene rings is 1. The van der Waals surface area contributed by atoms with Gasteiger partial charge in [-0.3, -0.25) is 4.79 Å². The first-order valence-electron chi connectivity index (χ1n) is 7.19. The van der Waals surface area contributed by atoms with Gasteiger partial charge in [0, 0.05) is 0 Å². The molecular weight excluding hydrogens is 270 g/mol. The Morgan fingerprint density at radius 1 is 1.29 bits per heavy atom. The topological polar surface area (TPSA) is 75.6 Å². The molecule has 0 bridgehead atoms. The fraction of sp³-hybridized carbons (Fsp3) is 0.500. The van der Waals surface area contributed by atoms with Gasteiger partial charge in [-0.2, -0.15) is 0 Å². The number of carboxylic acids is 1. The number of rotatable bonds is 8. The summed E-state index contributed by atoms with van der Waals surface area (Å²) in [5, 5.41) is 11.5. The molecule has 2 N–H and O–H groups in total. The maximum Gasteiger partial charge on any atom is 0.326 e. The Morgan fingerprint density at radius 2 is 1.95 bits per heavy atom. The van der Waals surface area contributed by atoms with Gasteiger partial charge in [0.2, 0.25) is 0 Å². The third-order valence-electron chi connectivity index (χ3n) is 3.11. The number of nitrogens with one attached hydrogen (secondary N) is 1. The van der Waals surface area contributed by atoms with Crippen LogP contribution in [0.2, 0.25) is 0 Å². The Balaban J connectivity index is 2.59. The molecule has 1 aromatic rings. The van der Waals surface area contributed by atoms with E-state index in [2.05, 4.69) is 5.32 Å². The van der Waals surface area contributed by atoms with Crippen LogP contribution in [0, 0.1) is 0 Å². The summed E-state index contributed by atoms with van der Waals surface area (Å²) in [5.74, 6) is -0.497. The van der Waals surface area contributed by atoms with Crippen molar-refractivity contribution in [2.75, 3.05) is 6.61 Å². The van der Waals surface area contributed by atoms with E-state index in [0.717, 1.165) is 5.56 Å². The van der Waals surface area contributed by atoms with Gasteiger partial charge in [-0.05, 0) is 24.0 Å². The highest BCUT2D eigenvalue weighted by Crippen LogP contribution is 2.25. The van der Waals surface area contributed by atoms with E-state index in [9.17, 15) is 9.59 Å². The molecule has 5 heteroatoms. The molecule has 1 rings (SSSR count). The lowest BCUT2D eigenvalue weighted by Crippen LogP contribution is -2.42. The summed E-state index contributed by atoms with van der Waals surface area (Å²) in [6, 6.07) is 6.67.